The first-order valence-electron chi connectivity index (χ1n) is 7.79. The van der Waals surface area contributed by atoms with Crippen molar-refractivity contribution in [3.63, 3.8) is 0 Å². The minimum Gasteiger partial charge on any atom is -0.385 e. The van der Waals surface area contributed by atoms with Crippen LogP contribution in [0.4, 0.5) is 5.69 Å². The lowest BCUT2D eigenvalue weighted by Crippen LogP contribution is -2.42. The summed E-state index contributed by atoms with van der Waals surface area (Å²) in [6, 6.07) is 5.10. The van der Waals surface area contributed by atoms with Gasteiger partial charge in [-0.25, -0.2) is 0 Å². The molecule has 1 aromatic rings. The van der Waals surface area contributed by atoms with Crippen LogP contribution in [0.5, 0.6) is 0 Å². The molecule has 104 valence electrons. The summed E-state index contributed by atoms with van der Waals surface area (Å²) in [5, 5.41) is 3.37. The van der Waals surface area contributed by atoms with Crippen LogP contribution in [-0.4, -0.2) is 29.0 Å². The molecule has 0 bridgehead atoms. The molecule has 2 aliphatic rings. The lowest BCUT2D eigenvalue weighted by Gasteiger charge is -2.37. The maximum Gasteiger partial charge on any atom is 0.0564 e. The molecule has 1 aromatic heterocycles. The third kappa shape index (κ3) is 2.92. The van der Waals surface area contributed by atoms with Crippen molar-refractivity contribution in [1.29, 1.82) is 0 Å². The van der Waals surface area contributed by atoms with Gasteiger partial charge in [0.15, 0.2) is 0 Å². The Hall–Kier alpha value is -1.09. The number of aromatic nitrogens is 1. The molecular weight excluding hydrogens is 234 g/mol. The van der Waals surface area contributed by atoms with Crippen LogP contribution in [0.3, 0.4) is 0 Å². The largest absolute Gasteiger partial charge is 0.385 e. The van der Waals surface area contributed by atoms with Crippen LogP contribution < -0.4 is 5.32 Å². The van der Waals surface area contributed by atoms with Crippen LogP contribution in [0.2, 0.25) is 0 Å². The molecule has 3 heteroatoms. The maximum absolute atomic E-state index is 4.55. The highest BCUT2D eigenvalue weighted by Gasteiger charge is 2.34. The molecule has 0 amide bonds. The molecule has 3 nitrogen and oxygen atoms in total. The average molecular weight is 259 g/mol. The minimum atomic E-state index is 0.832. The summed E-state index contributed by atoms with van der Waals surface area (Å²) in [5.74, 6) is 0.964. The number of rotatable bonds is 4. The van der Waals surface area contributed by atoms with Crippen LogP contribution in [0, 0.1) is 5.92 Å². The van der Waals surface area contributed by atoms with Gasteiger partial charge >= 0.3 is 0 Å². The van der Waals surface area contributed by atoms with Crippen molar-refractivity contribution in [1.82, 2.24) is 9.88 Å². The van der Waals surface area contributed by atoms with Crippen LogP contribution in [0.1, 0.15) is 44.7 Å². The normalized spacial score (nSPS) is 27.2. The first-order valence-corrected chi connectivity index (χ1v) is 7.79. The zero-order chi connectivity index (χ0) is 13.1. The number of nitrogens with zero attached hydrogens (tertiary/aromatic N) is 2. The highest BCUT2D eigenvalue weighted by molar-refractivity contribution is 5.42. The van der Waals surface area contributed by atoms with E-state index in [0.29, 0.717) is 0 Å². The zero-order valence-corrected chi connectivity index (χ0v) is 11.9. The number of pyridine rings is 1. The van der Waals surface area contributed by atoms with Crippen molar-refractivity contribution in [3.8, 4) is 0 Å². The molecule has 0 spiro atoms. The third-order valence-electron chi connectivity index (χ3n) is 4.67. The zero-order valence-electron chi connectivity index (χ0n) is 11.9. The predicted octanol–water partition coefficient (Wildman–Crippen LogP) is 3.28. The molecule has 2 atom stereocenters. The molecule has 1 saturated heterocycles. The van der Waals surface area contributed by atoms with Gasteiger partial charge in [0, 0.05) is 31.0 Å². The highest BCUT2D eigenvalue weighted by Crippen LogP contribution is 2.37. The molecule has 0 aromatic carbocycles. The van der Waals surface area contributed by atoms with Crippen molar-refractivity contribution < 1.29 is 0 Å². The van der Waals surface area contributed by atoms with E-state index in [1.165, 1.54) is 50.0 Å². The van der Waals surface area contributed by atoms with Crippen LogP contribution in [-0.2, 0) is 6.54 Å². The van der Waals surface area contributed by atoms with Gasteiger partial charge in [-0.1, -0.05) is 6.42 Å². The van der Waals surface area contributed by atoms with Crippen molar-refractivity contribution in [2.45, 2.75) is 51.6 Å². The van der Waals surface area contributed by atoms with E-state index in [1.54, 1.807) is 0 Å². The van der Waals surface area contributed by atoms with Gasteiger partial charge in [0.1, 0.15) is 0 Å². The number of piperidine rings is 1. The van der Waals surface area contributed by atoms with Crippen LogP contribution in [0.15, 0.2) is 18.3 Å². The third-order valence-corrected chi connectivity index (χ3v) is 4.67. The molecule has 1 aliphatic carbocycles. The number of nitrogens with one attached hydrogen (secondary N) is 1. The Morgan fingerprint density at radius 3 is 3.11 bits per heavy atom. The van der Waals surface area contributed by atoms with E-state index in [1.807, 2.05) is 6.20 Å². The Labute approximate surface area is 116 Å². The van der Waals surface area contributed by atoms with E-state index in [-0.39, 0.29) is 0 Å². The first kappa shape index (κ1) is 12.9. The van der Waals surface area contributed by atoms with E-state index in [0.717, 1.165) is 25.0 Å². The summed E-state index contributed by atoms with van der Waals surface area (Å²) in [6.07, 6.45) is 9.03. The van der Waals surface area contributed by atoms with Crippen molar-refractivity contribution >= 4 is 5.69 Å². The highest BCUT2D eigenvalue weighted by atomic mass is 15.2. The number of anilines is 1. The Kier molecular flexibility index (Phi) is 4.02. The fourth-order valence-electron chi connectivity index (χ4n) is 3.84. The number of likely N-dealkylation sites (tertiary alicyclic amines) is 1. The average Bonchev–Trinajstić information content (AvgIpc) is 2.89. The summed E-state index contributed by atoms with van der Waals surface area (Å²) in [4.78, 5) is 7.23. The summed E-state index contributed by atoms with van der Waals surface area (Å²) in [6.45, 7) is 5.39. The summed E-state index contributed by atoms with van der Waals surface area (Å²) < 4.78 is 0. The predicted molar refractivity (Wildman–Crippen MR) is 79.2 cm³/mol. The molecule has 2 heterocycles. The molecule has 3 rings (SSSR count). The van der Waals surface area contributed by atoms with Crippen molar-refractivity contribution in [2.75, 3.05) is 18.4 Å². The minimum absolute atomic E-state index is 0.832. The van der Waals surface area contributed by atoms with E-state index < -0.39 is 0 Å². The Morgan fingerprint density at radius 1 is 1.32 bits per heavy atom. The molecule has 1 aliphatic heterocycles. The second-order valence-electron chi connectivity index (χ2n) is 5.94. The van der Waals surface area contributed by atoms with Crippen LogP contribution >= 0.6 is 0 Å². The molecule has 1 N–H and O–H groups in total. The second-order valence-corrected chi connectivity index (χ2v) is 5.94. The molecule has 2 fully saturated rings. The monoisotopic (exact) mass is 259 g/mol. The first-order chi connectivity index (χ1) is 9.36. The maximum atomic E-state index is 4.55. The van der Waals surface area contributed by atoms with E-state index >= 15 is 0 Å². The molecular formula is C16H25N3. The lowest BCUT2D eigenvalue weighted by atomic mass is 9.92. The van der Waals surface area contributed by atoms with E-state index in [2.05, 4.69) is 34.3 Å². The Morgan fingerprint density at radius 2 is 2.21 bits per heavy atom. The lowest BCUT2D eigenvalue weighted by molar-refractivity contribution is 0.104. The van der Waals surface area contributed by atoms with Gasteiger partial charge < -0.3 is 5.32 Å². The molecule has 19 heavy (non-hydrogen) atoms. The van der Waals surface area contributed by atoms with E-state index in [9.17, 15) is 0 Å². The summed E-state index contributed by atoms with van der Waals surface area (Å²) in [5.41, 5.74) is 2.42. The van der Waals surface area contributed by atoms with Gasteiger partial charge in [0.05, 0.1) is 5.69 Å². The van der Waals surface area contributed by atoms with E-state index in [4.69, 9.17) is 0 Å². The Balaban J connectivity index is 1.68. The molecule has 2 unspecified atom stereocenters. The fourth-order valence-corrected chi connectivity index (χ4v) is 3.84. The van der Waals surface area contributed by atoms with Crippen molar-refractivity contribution in [2.24, 2.45) is 5.92 Å². The smallest absolute Gasteiger partial charge is 0.0564 e. The van der Waals surface area contributed by atoms with Crippen LogP contribution in [0.25, 0.3) is 0 Å². The van der Waals surface area contributed by atoms with Gasteiger partial charge in [-0.15, -0.1) is 0 Å². The van der Waals surface area contributed by atoms with Gasteiger partial charge in [-0.2, -0.15) is 0 Å². The standard InChI is InChI=1S/C16H25N3/c1-2-17-14-8-9-18-15(11-14)12-19-10-4-6-13-5-3-7-16(13)19/h8-9,11,13,16H,2-7,10,12H2,1H3,(H,17,18). The fraction of sp³-hybridized carbons (Fsp3) is 0.688. The number of hydrogen-bond acceptors (Lipinski definition) is 3. The summed E-state index contributed by atoms with van der Waals surface area (Å²) >= 11 is 0. The van der Waals surface area contributed by atoms with Gasteiger partial charge in [0.25, 0.3) is 0 Å². The quantitative estimate of drug-likeness (QED) is 0.899. The second kappa shape index (κ2) is 5.91. The topological polar surface area (TPSA) is 28.2 Å². The Bertz CT molecular complexity index is 418. The molecule has 1 saturated carbocycles. The van der Waals surface area contributed by atoms with Gasteiger partial charge in [-0.3, -0.25) is 9.88 Å². The van der Waals surface area contributed by atoms with Gasteiger partial charge in [-0.05, 0) is 57.2 Å². The number of fused-ring (bicyclic) bond motifs is 1. The number of hydrogen-bond donors (Lipinski definition) is 1. The van der Waals surface area contributed by atoms with Crippen molar-refractivity contribution in [3.05, 3.63) is 24.0 Å². The summed E-state index contributed by atoms with van der Waals surface area (Å²) in [7, 11) is 0. The SMILES string of the molecule is CCNc1ccnc(CN2CCCC3CCCC32)c1. The van der Waals surface area contributed by atoms with Gasteiger partial charge in [0.2, 0.25) is 0 Å². The molecule has 0 radical (unpaired) electrons.